The Hall–Kier alpha value is -4.22. The maximum Gasteiger partial charge on any atom is 0.377 e. The van der Waals surface area contributed by atoms with E-state index < -0.39 is 36.3 Å². The summed E-state index contributed by atoms with van der Waals surface area (Å²) in [6.45, 7) is 0.123. The number of hydrogen-bond acceptors (Lipinski definition) is 10. The van der Waals surface area contributed by atoms with Gasteiger partial charge in [0.1, 0.15) is 6.10 Å². The second-order valence-electron chi connectivity index (χ2n) is 8.21. The van der Waals surface area contributed by atoms with Gasteiger partial charge in [-0.25, -0.2) is 4.79 Å². The molecule has 5 rings (SSSR count). The maximum atomic E-state index is 10.5. The van der Waals surface area contributed by atoms with Crippen LogP contribution in [0.25, 0.3) is 22.0 Å². The predicted octanol–water partition coefficient (Wildman–Crippen LogP) is 1.37. The van der Waals surface area contributed by atoms with E-state index in [0.29, 0.717) is 11.5 Å². The fourth-order valence-corrected chi connectivity index (χ4v) is 4.23. The topological polar surface area (TPSA) is 170 Å². The number of fused-ring (bicyclic) bond motifs is 4. The van der Waals surface area contributed by atoms with Crippen LogP contribution in [0.2, 0.25) is 0 Å². The number of esters is 1. The maximum absolute atomic E-state index is 10.5. The first kappa shape index (κ1) is 24.9. The number of aliphatic hydroxyl groups excluding tert-OH is 4. The number of carbonyl (C=O) groups is 1. The molecule has 36 heavy (non-hydrogen) atoms. The molecule has 0 aliphatic carbocycles. The number of aromatic hydroxyl groups is 2. The van der Waals surface area contributed by atoms with Crippen molar-refractivity contribution in [1.82, 2.24) is 0 Å². The summed E-state index contributed by atoms with van der Waals surface area (Å²) < 4.78 is 17.4. The molecule has 0 spiro atoms. The van der Waals surface area contributed by atoms with Gasteiger partial charge in [0.2, 0.25) is 11.5 Å². The fourth-order valence-electron chi connectivity index (χ4n) is 4.23. The molecule has 6 N–H and O–H groups in total. The summed E-state index contributed by atoms with van der Waals surface area (Å²) in [6, 6.07) is 9.23. The Labute approximate surface area is 205 Å². The molecule has 0 bridgehead atoms. The van der Waals surface area contributed by atoms with Crippen LogP contribution in [0, 0.1) is 0 Å². The number of hydrogen-bond donors (Lipinski definition) is 6. The molecule has 2 aliphatic rings. The lowest BCUT2D eigenvalue weighted by atomic mass is 9.95. The van der Waals surface area contributed by atoms with Gasteiger partial charge < -0.3 is 44.8 Å². The number of phenolic OH excluding ortho intramolecular Hbond substituents is 2. The second-order valence-corrected chi connectivity index (χ2v) is 8.21. The monoisotopic (exact) mass is 500 g/mol. The molecule has 2 aromatic carbocycles. The second kappa shape index (κ2) is 9.80. The summed E-state index contributed by atoms with van der Waals surface area (Å²) in [5.74, 6) is -1.54. The highest BCUT2D eigenvalue weighted by Gasteiger charge is 2.38. The van der Waals surface area contributed by atoms with Crippen LogP contribution in [0.3, 0.4) is 0 Å². The standard InChI is InChI=1S/C19H17NO4.C6H8O6/c1-23-18-4-3-11-7-15-13-9-17(22)16(21)8-12(13)5-6-20(15)10-14(11)19(18)24-2;7-1-2(8)5-3(9)4(10)6(11)12-5/h3-4,7-10,22H,5-6H2,1-2H3;2,5,7-10H,1H2/p+1. The molecule has 0 saturated heterocycles. The Morgan fingerprint density at radius 1 is 1.08 bits per heavy atom. The number of cyclic esters (lactones) is 1. The number of aromatic nitrogens is 1. The first-order chi connectivity index (χ1) is 17.2. The highest BCUT2D eigenvalue weighted by Crippen LogP contribution is 2.39. The van der Waals surface area contributed by atoms with Gasteiger partial charge >= 0.3 is 5.97 Å². The quantitative estimate of drug-likeness (QED) is 0.175. The van der Waals surface area contributed by atoms with Crippen LogP contribution >= 0.6 is 0 Å². The van der Waals surface area contributed by atoms with Crippen molar-refractivity contribution in [2.45, 2.75) is 25.2 Å². The van der Waals surface area contributed by atoms with E-state index in [1.54, 1.807) is 26.4 Å². The van der Waals surface area contributed by atoms with Crippen molar-refractivity contribution < 1.29 is 54.2 Å². The Morgan fingerprint density at radius 2 is 1.81 bits per heavy atom. The van der Waals surface area contributed by atoms with Gasteiger partial charge in [-0.1, -0.05) is 0 Å². The third-order valence-corrected chi connectivity index (χ3v) is 6.08. The molecule has 3 aromatic rings. The smallest absolute Gasteiger partial charge is 0.377 e. The predicted molar refractivity (Wildman–Crippen MR) is 125 cm³/mol. The van der Waals surface area contributed by atoms with Gasteiger partial charge in [-0.2, -0.15) is 4.57 Å². The molecule has 0 saturated carbocycles. The molecule has 190 valence electrons. The molecule has 2 unspecified atom stereocenters. The molecule has 2 atom stereocenters. The number of aliphatic hydroxyl groups is 4. The van der Waals surface area contributed by atoms with Crippen molar-refractivity contribution in [1.29, 1.82) is 0 Å². The molecular weight excluding hydrogens is 474 g/mol. The number of aryl methyl sites for hydroxylation is 2. The van der Waals surface area contributed by atoms with Crippen LogP contribution in [-0.4, -0.2) is 69.6 Å². The van der Waals surface area contributed by atoms with E-state index in [0.717, 1.165) is 40.6 Å². The zero-order chi connectivity index (χ0) is 26.1. The van der Waals surface area contributed by atoms with Gasteiger partial charge in [-0.15, -0.1) is 0 Å². The Kier molecular flexibility index (Phi) is 6.77. The number of ether oxygens (including phenoxy) is 3. The van der Waals surface area contributed by atoms with Gasteiger partial charge in [-0.3, -0.25) is 0 Å². The van der Waals surface area contributed by atoms with Crippen LogP contribution in [0.1, 0.15) is 5.56 Å². The number of benzene rings is 2. The molecule has 11 heteroatoms. The van der Waals surface area contributed by atoms with E-state index in [-0.39, 0.29) is 11.5 Å². The molecule has 2 aliphatic heterocycles. The first-order valence-corrected chi connectivity index (χ1v) is 11.0. The van der Waals surface area contributed by atoms with Gasteiger partial charge in [0, 0.05) is 12.5 Å². The average molecular weight is 500 g/mol. The van der Waals surface area contributed by atoms with Crippen molar-refractivity contribution in [3.63, 3.8) is 0 Å². The fraction of sp³-hybridized carbons (Fsp3) is 0.280. The van der Waals surface area contributed by atoms with E-state index >= 15 is 0 Å². The first-order valence-electron chi connectivity index (χ1n) is 11.0. The third-order valence-electron chi connectivity index (χ3n) is 6.08. The van der Waals surface area contributed by atoms with Crippen LogP contribution < -0.4 is 14.0 Å². The van der Waals surface area contributed by atoms with Crippen molar-refractivity contribution in [2.24, 2.45) is 0 Å². The third kappa shape index (κ3) is 4.30. The number of phenols is 2. The van der Waals surface area contributed by atoms with Gasteiger partial charge in [0.25, 0.3) is 0 Å². The van der Waals surface area contributed by atoms with Gasteiger partial charge in [0.05, 0.1) is 31.8 Å². The van der Waals surface area contributed by atoms with E-state index in [9.17, 15) is 15.0 Å². The number of rotatable bonds is 4. The Balaban J connectivity index is 0.000000214. The molecular formula is C25H26NO10+. The van der Waals surface area contributed by atoms with Crippen LogP contribution in [0.15, 0.2) is 48.0 Å². The van der Waals surface area contributed by atoms with E-state index in [2.05, 4.69) is 21.6 Å². The van der Waals surface area contributed by atoms with E-state index in [1.807, 2.05) is 12.1 Å². The minimum Gasteiger partial charge on any atom is -0.505 e. The lowest BCUT2D eigenvalue weighted by Gasteiger charge is -2.17. The Bertz CT molecular complexity index is 1370. The molecule has 0 radical (unpaired) electrons. The summed E-state index contributed by atoms with van der Waals surface area (Å²) in [7, 11) is 3.26. The number of carbonyl (C=O) groups excluding carboxylic acids is 1. The minimum atomic E-state index is -1.42. The Morgan fingerprint density at radius 3 is 2.42 bits per heavy atom. The highest BCUT2D eigenvalue weighted by molar-refractivity contribution is 5.92. The molecule has 11 nitrogen and oxygen atoms in total. The minimum absolute atomic E-state index is 0.0746. The molecule has 0 amide bonds. The normalized spacial score (nSPS) is 17.0. The number of pyridine rings is 1. The largest absolute Gasteiger partial charge is 0.505 e. The molecule has 0 fully saturated rings. The highest BCUT2D eigenvalue weighted by atomic mass is 16.6. The number of nitrogens with zero attached hydrogens (tertiary/aromatic N) is 1. The average Bonchev–Trinajstić information content (AvgIpc) is 3.14. The zero-order valence-electron chi connectivity index (χ0n) is 19.5. The summed E-state index contributed by atoms with van der Waals surface area (Å²) >= 11 is 0. The zero-order valence-corrected chi connectivity index (χ0v) is 19.5. The van der Waals surface area contributed by atoms with Gasteiger partial charge in [-0.05, 0) is 35.2 Å². The summed E-state index contributed by atoms with van der Waals surface area (Å²) in [5, 5.41) is 56.7. The molecule has 3 heterocycles. The van der Waals surface area contributed by atoms with Crippen LogP contribution in [0.4, 0.5) is 0 Å². The van der Waals surface area contributed by atoms with Crippen LogP contribution in [0.5, 0.6) is 23.0 Å². The lowest BCUT2D eigenvalue weighted by Crippen LogP contribution is -2.40. The summed E-state index contributed by atoms with van der Waals surface area (Å²) in [6.07, 6.45) is 0.0680. The summed E-state index contributed by atoms with van der Waals surface area (Å²) in [5.41, 5.74) is 2.98. The van der Waals surface area contributed by atoms with Crippen molar-refractivity contribution in [3.8, 4) is 34.3 Å². The molecule has 1 aromatic heterocycles. The van der Waals surface area contributed by atoms with Crippen molar-refractivity contribution >= 4 is 16.7 Å². The van der Waals surface area contributed by atoms with Crippen molar-refractivity contribution in [3.05, 3.63) is 53.6 Å². The van der Waals surface area contributed by atoms with Crippen molar-refractivity contribution in [2.75, 3.05) is 20.8 Å². The van der Waals surface area contributed by atoms with Crippen LogP contribution in [-0.2, 0) is 22.5 Å². The van der Waals surface area contributed by atoms with E-state index in [1.165, 1.54) is 0 Å². The lowest BCUT2D eigenvalue weighted by molar-refractivity contribution is -0.686. The van der Waals surface area contributed by atoms with Gasteiger partial charge in [0.15, 0.2) is 47.6 Å². The summed E-state index contributed by atoms with van der Waals surface area (Å²) in [4.78, 5) is 10.5. The SMILES string of the molecule is COc1ccc2cc3[n+](cc2c1OC)CCc1cc(O)c(O)cc1-3.O=C1OC(C(O)CO)C(O)=C1O. The number of methoxy groups -OCH3 is 2. The van der Waals surface area contributed by atoms with E-state index in [4.69, 9.17) is 29.9 Å².